The fourth-order valence-corrected chi connectivity index (χ4v) is 2.86. The van der Waals surface area contributed by atoms with Crippen LogP contribution in [0.2, 0.25) is 0 Å². The maximum absolute atomic E-state index is 12.4. The van der Waals surface area contributed by atoms with Crippen LogP contribution in [0, 0.1) is 6.92 Å². The maximum Gasteiger partial charge on any atom is 0.270 e. The average molecular weight is 370 g/mol. The molecule has 0 unspecified atom stereocenters. The molecule has 1 N–H and O–H groups in total. The number of hydrogen-bond donors (Lipinski definition) is 1. The summed E-state index contributed by atoms with van der Waals surface area (Å²) in [7, 11) is 3.94. The van der Waals surface area contributed by atoms with Crippen LogP contribution in [0.25, 0.3) is 0 Å². The standard InChI is InChI=1S/C18H26N8O/c1-14-13-15(16(27)19-7-8-24(2)3)23-18(22-14)26-11-9-25(10-12-26)17-20-5-4-6-21-17/h4-6,13H,7-12H2,1-3H3,(H,19,27). The molecule has 1 aliphatic heterocycles. The largest absolute Gasteiger partial charge is 0.349 e. The van der Waals surface area contributed by atoms with E-state index < -0.39 is 0 Å². The number of anilines is 2. The molecule has 2 aromatic heterocycles. The first-order valence-electron chi connectivity index (χ1n) is 9.08. The molecule has 9 nitrogen and oxygen atoms in total. The SMILES string of the molecule is Cc1cc(C(=O)NCCN(C)C)nc(N2CCN(c3ncccn3)CC2)n1. The van der Waals surface area contributed by atoms with Crippen molar-refractivity contribution in [2.75, 3.05) is 63.2 Å². The van der Waals surface area contributed by atoms with E-state index in [9.17, 15) is 4.79 Å². The zero-order chi connectivity index (χ0) is 19.2. The third kappa shape index (κ3) is 5.10. The number of aromatic nitrogens is 4. The highest BCUT2D eigenvalue weighted by Crippen LogP contribution is 2.15. The topological polar surface area (TPSA) is 90.4 Å². The predicted octanol–water partition coefficient (Wildman–Crippen LogP) is 0.193. The lowest BCUT2D eigenvalue weighted by molar-refractivity contribution is 0.0946. The van der Waals surface area contributed by atoms with Crippen molar-refractivity contribution in [3.05, 3.63) is 35.9 Å². The van der Waals surface area contributed by atoms with Gasteiger partial charge in [-0.15, -0.1) is 0 Å². The monoisotopic (exact) mass is 370 g/mol. The Morgan fingerprint density at radius 1 is 1.07 bits per heavy atom. The molecule has 1 amide bonds. The number of nitrogens with one attached hydrogen (secondary N) is 1. The molecule has 0 aliphatic carbocycles. The van der Waals surface area contributed by atoms with Crippen LogP contribution in [0.15, 0.2) is 24.5 Å². The van der Waals surface area contributed by atoms with Crippen LogP contribution in [-0.4, -0.2) is 84.1 Å². The van der Waals surface area contributed by atoms with Crippen molar-refractivity contribution in [3.63, 3.8) is 0 Å². The number of amides is 1. The van der Waals surface area contributed by atoms with Crippen LogP contribution < -0.4 is 15.1 Å². The number of nitrogens with zero attached hydrogens (tertiary/aromatic N) is 7. The molecule has 1 saturated heterocycles. The summed E-state index contributed by atoms with van der Waals surface area (Å²) in [4.78, 5) is 36.3. The van der Waals surface area contributed by atoms with Crippen LogP contribution in [0.3, 0.4) is 0 Å². The van der Waals surface area contributed by atoms with Gasteiger partial charge in [0.15, 0.2) is 0 Å². The van der Waals surface area contributed by atoms with Crippen LogP contribution in [0.4, 0.5) is 11.9 Å². The number of carbonyl (C=O) groups is 1. The molecule has 3 rings (SSSR count). The first kappa shape index (κ1) is 19.0. The number of carbonyl (C=O) groups excluding carboxylic acids is 1. The van der Waals surface area contributed by atoms with E-state index in [0.717, 1.165) is 44.4 Å². The van der Waals surface area contributed by atoms with Crippen molar-refractivity contribution >= 4 is 17.8 Å². The Hall–Kier alpha value is -2.81. The van der Waals surface area contributed by atoms with Crippen molar-refractivity contribution in [1.82, 2.24) is 30.2 Å². The van der Waals surface area contributed by atoms with Crippen molar-refractivity contribution in [2.24, 2.45) is 0 Å². The van der Waals surface area contributed by atoms with Crippen LogP contribution in [-0.2, 0) is 0 Å². The predicted molar refractivity (Wildman–Crippen MR) is 104 cm³/mol. The summed E-state index contributed by atoms with van der Waals surface area (Å²) in [6, 6.07) is 3.54. The Labute approximate surface area is 159 Å². The Balaban J connectivity index is 1.63. The molecule has 27 heavy (non-hydrogen) atoms. The van der Waals surface area contributed by atoms with E-state index in [1.807, 2.05) is 32.0 Å². The third-order valence-electron chi connectivity index (χ3n) is 4.32. The van der Waals surface area contributed by atoms with E-state index >= 15 is 0 Å². The second-order valence-electron chi connectivity index (χ2n) is 6.78. The highest BCUT2D eigenvalue weighted by Gasteiger charge is 2.22. The van der Waals surface area contributed by atoms with Gasteiger partial charge in [0.05, 0.1) is 0 Å². The van der Waals surface area contributed by atoms with Crippen LogP contribution in [0.5, 0.6) is 0 Å². The van der Waals surface area contributed by atoms with E-state index in [1.54, 1.807) is 18.5 Å². The van der Waals surface area contributed by atoms with Gasteiger partial charge >= 0.3 is 0 Å². The number of hydrogen-bond acceptors (Lipinski definition) is 8. The molecule has 1 fully saturated rings. The van der Waals surface area contributed by atoms with Gasteiger partial charge in [-0.25, -0.2) is 19.9 Å². The summed E-state index contributed by atoms with van der Waals surface area (Å²) >= 11 is 0. The van der Waals surface area contributed by atoms with Crippen molar-refractivity contribution in [1.29, 1.82) is 0 Å². The zero-order valence-corrected chi connectivity index (χ0v) is 16.1. The average Bonchev–Trinajstić information content (AvgIpc) is 2.68. The second-order valence-corrected chi connectivity index (χ2v) is 6.78. The second kappa shape index (κ2) is 8.72. The summed E-state index contributed by atoms with van der Waals surface area (Å²) < 4.78 is 0. The zero-order valence-electron chi connectivity index (χ0n) is 16.1. The molecule has 144 valence electrons. The minimum absolute atomic E-state index is 0.167. The van der Waals surface area contributed by atoms with Gasteiger partial charge < -0.3 is 20.0 Å². The molecule has 1 aliphatic rings. The van der Waals surface area contributed by atoms with Gasteiger partial charge in [0.2, 0.25) is 11.9 Å². The van der Waals surface area contributed by atoms with Crippen molar-refractivity contribution in [3.8, 4) is 0 Å². The van der Waals surface area contributed by atoms with E-state index in [0.29, 0.717) is 18.2 Å². The molecule has 0 aromatic carbocycles. The van der Waals surface area contributed by atoms with Crippen LogP contribution in [0.1, 0.15) is 16.2 Å². The lowest BCUT2D eigenvalue weighted by Crippen LogP contribution is -2.47. The Kier molecular flexibility index (Phi) is 6.12. The van der Waals surface area contributed by atoms with Gasteiger partial charge in [0, 0.05) is 57.4 Å². The highest BCUT2D eigenvalue weighted by atomic mass is 16.1. The van der Waals surface area contributed by atoms with Gasteiger partial charge in [0.1, 0.15) is 5.69 Å². The third-order valence-corrected chi connectivity index (χ3v) is 4.32. The molecule has 2 aromatic rings. The van der Waals surface area contributed by atoms with Crippen molar-refractivity contribution in [2.45, 2.75) is 6.92 Å². The summed E-state index contributed by atoms with van der Waals surface area (Å²) in [6.07, 6.45) is 3.50. The lowest BCUT2D eigenvalue weighted by atomic mass is 10.3. The number of piperazine rings is 1. The first-order valence-corrected chi connectivity index (χ1v) is 9.08. The molecule has 9 heteroatoms. The minimum Gasteiger partial charge on any atom is -0.349 e. The number of aryl methyl sites for hydroxylation is 1. The molecule has 0 atom stereocenters. The highest BCUT2D eigenvalue weighted by molar-refractivity contribution is 5.92. The Morgan fingerprint density at radius 3 is 2.33 bits per heavy atom. The molecule has 0 saturated carbocycles. The van der Waals surface area contributed by atoms with Gasteiger partial charge in [-0.1, -0.05) is 0 Å². The van der Waals surface area contributed by atoms with Gasteiger partial charge in [-0.05, 0) is 33.2 Å². The molecule has 3 heterocycles. The van der Waals surface area contributed by atoms with Crippen LogP contribution >= 0.6 is 0 Å². The van der Waals surface area contributed by atoms with Gasteiger partial charge in [0.25, 0.3) is 5.91 Å². The maximum atomic E-state index is 12.4. The van der Waals surface area contributed by atoms with E-state index in [1.165, 1.54) is 0 Å². The minimum atomic E-state index is -0.167. The fraction of sp³-hybridized carbons (Fsp3) is 0.500. The first-order chi connectivity index (χ1) is 13.0. The van der Waals surface area contributed by atoms with Crippen molar-refractivity contribution < 1.29 is 4.79 Å². The quantitative estimate of drug-likeness (QED) is 0.771. The molecule has 0 bridgehead atoms. The summed E-state index contributed by atoms with van der Waals surface area (Å²) in [5, 5.41) is 2.90. The molecule has 0 radical (unpaired) electrons. The summed E-state index contributed by atoms with van der Waals surface area (Å²) in [6.45, 7) is 6.33. The smallest absolute Gasteiger partial charge is 0.270 e. The summed E-state index contributed by atoms with van der Waals surface area (Å²) in [5.41, 5.74) is 1.19. The molecule has 0 spiro atoms. The number of rotatable bonds is 6. The molecular weight excluding hydrogens is 344 g/mol. The van der Waals surface area contributed by atoms with E-state index in [4.69, 9.17) is 0 Å². The van der Waals surface area contributed by atoms with E-state index in [2.05, 4.69) is 35.1 Å². The number of likely N-dealkylation sites (N-methyl/N-ethyl adjacent to an activating group) is 1. The van der Waals surface area contributed by atoms with E-state index in [-0.39, 0.29) is 5.91 Å². The Bertz CT molecular complexity index is 759. The Morgan fingerprint density at radius 2 is 1.70 bits per heavy atom. The molecular formula is C18H26N8O. The lowest BCUT2D eigenvalue weighted by Gasteiger charge is -2.34. The van der Waals surface area contributed by atoms with Gasteiger partial charge in [-0.3, -0.25) is 4.79 Å². The summed E-state index contributed by atoms with van der Waals surface area (Å²) in [5.74, 6) is 1.17. The fourth-order valence-electron chi connectivity index (χ4n) is 2.86. The van der Waals surface area contributed by atoms with Gasteiger partial charge in [-0.2, -0.15) is 0 Å². The normalized spacial score (nSPS) is 14.5.